The number of aromatic nitrogens is 3. The lowest BCUT2D eigenvalue weighted by atomic mass is 9.94. The van der Waals surface area contributed by atoms with Crippen LogP contribution in [0.15, 0.2) is 65.3 Å². The van der Waals surface area contributed by atoms with Crippen LogP contribution in [0.4, 0.5) is 11.4 Å². The van der Waals surface area contributed by atoms with Crippen LogP contribution in [0.25, 0.3) is 5.82 Å². The molecule has 1 unspecified atom stereocenters. The van der Waals surface area contributed by atoms with Crippen LogP contribution < -0.4 is 9.80 Å². The van der Waals surface area contributed by atoms with Crippen LogP contribution in [-0.4, -0.2) is 60.0 Å². The van der Waals surface area contributed by atoms with E-state index in [4.69, 9.17) is 9.84 Å². The first-order valence-electron chi connectivity index (χ1n) is 13.8. The zero-order chi connectivity index (χ0) is 27.8. The second kappa shape index (κ2) is 11.1. The number of rotatable bonds is 9. The third kappa shape index (κ3) is 6.59. The summed E-state index contributed by atoms with van der Waals surface area (Å²) in [5.41, 5.74) is 3.93. The summed E-state index contributed by atoms with van der Waals surface area (Å²) in [5.74, 6) is 0.944. The van der Waals surface area contributed by atoms with Gasteiger partial charge in [-0.15, -0.1) is 0 Å². The minimum atomic E-state index is -1.10. The molecule has 1 N–H and O–H groups in total. The highest BCUT2D eigenvalue weighted by molar-refractivity contribution is 8.03. The number of piperidine rings is 1. The molecule has 2 aliphatic rings. The minimum Gasteiger partial charge on any atom is -0.390 e. The van der Waals surface area contributed by atoms with Crippen molar-refractivity contribution in [3.05, 3.63) is 71.7 Å². The van der Waals surface area contributed by atoms with E-state index >= 15 is 0 Å². The van der Waals surface area contributed by atoms with Crippen molar-refractivity contribution in [1.29, 1.82) is 0 Å². The number of hydrogen-bond donors (Lipinski definition) is 1. The van der Waals surface area contributed by atoms with Crippen LogP contribution in [0, 0.1) is 0 Å². The summed E-state index contributed by atoms with van der Waals surface area (Å²) in [6, 6.07) is 14.0. The maximum Gasteiger partial charge on any atom is 0.153 e. The van der Waals surface area contributed by atoms with E-state index in [0.29, 0.717) is 6.73 Å². The van der Waals surface area contributed by atoms with Crippen molar-refractivity contribution in [2.24, 2.45) is 0 Å². The van der Waals surface area contributed by atoms with Crippen LogP contribution in [0.1, 0.15) is 43.9 Å². The lowest BCUT2D eigenvalue weighted by Crippen LogP contribution is -2.42. The standard InChI is InChI=1S/C30H41N5O2SSi/c1-22(24-7-9-27-28(19-24)38-23(2)34(27)21-37-17-18-39(4,5)6)26-11-14-35(32-26)29-10-8-25(20-31-29)33-15-12-30(3,36)13-16-33/h7-11,14,19-20,22,36H,2,12-13,15-18,21H2,1,3-6H3. The van der Waals surface area contributed by atoms with Crippen LogP contribution >= 0.6 is 11.8 Å². The van der Waals surface area contributed by atoms with Crippen LogP contribution in [0.5, 0.6) is 0 Å². The van der Waals surface area contributed by atoms with Gasteiger partial charge in [0, 0.05) is 44.8 Å². The molecule has 0 radical (unpaired) electrons. The van der Waals surface area contributed by atoms with Gasteiger partial charge in [-0.25, -0.2) is 9.67 Å². The molecular formula is C30H41N5O2SSi. The van der Waals surface area contributed by atoms with Gasteiger partial charge in [0.2, 0.25) is 0 Å². The summed E-state index contributed by atoms with van der Waals surface area (Å²) in [5, 5.41) is 16.1. The average molecular weight is 564 g/mol. The molecule has 2 aliphatic heterocycles. The second-order valence-electron chi connectivity index (χ2n) is 12.3. The number of fused-ring (bicyclic) bond motifs is 1. The number of hydrogen-bond acceptors (Lipinski definition) is 7. The maximum atomic E-state index is 10.2. The largest absolute Gasteiger partial charge is 0.390 e. The van der Waals surface area contributed by atoms with E-state index in [1.54, 1.807) is 11.8 Å². The molecule has 0 aliphatic carbocycles. The Bertz CT molecular complexity index is 1310. The molecule has 7 nitrogen and oxygen atoms in total. The van der Waals surface area contributed by atoms with Crippen molar-refractivity contribution in [3.8, 4) is 5.82 Å². The molecule has 2 aromatic heterocycles. The van der Waals surface area contributed by atoms with Crippen LogP contribution in [-0.2, 0) is 4.74 Å². The van der Waals surface area contributed by atoms with E-state index in [-0.39, 0.29) is 5.92 Å². The van der Waals surface area contributed by atoms with E-state index in [1.165, 1.54) is 22.2 Å². The molecule has 0 saturated carbocycles. The zero-order valence-corrected chi connectivity index (χ0v) is 25.7. The Kier molecular flexibility index (Phi) is 7.97. The molecule has 208 valence electrons. The van der Waals surface area contributed by atoms with Crippen molar-refractivity contribution >= 4 is 31.2 Å². The van der Waals surface area contributed by atoms with Crippen molar-refractivity contribution < 1.29 is 9.84 Å². The van der Waals surface area contributed by atoms with Gasteiger partial charge in [0.1, 0.15) is 6.73 Å². The SMILES string of the molecule is C=C1Sc2cc(C(C)c3ccn(-c4ccc(N5CCC(C)(O)CC5)cn4)n3)ccc2N1COCC[Si](C)(C)C. The number of aliphatic hydroxyl groups is 1. The molecule has 9 heteroatoms. The van der Waals surface area contributed by atoms with Crippen molar-refractivity contribution in [2.75, 3.05) is 36.2 Å². The fourth-order valence-corrected chi connectivity index (χ4v) is 6.66. The lowest BCUT2D eigenvalue weighted by Gasteiger charge is -2.36. The monoisotopic (exact) mass is 563 g/mol. The van der Waals surface area contributed by atoms with Gasteiger partial charge in [-0.3, -0.25) is 0 Å². The van der Waals surface area contributed by atoms with Gasteiger partial charge in [-0.05, 0) is 61.7 Å². The summed E-state index contributed by atoms with van der Waals surface area (Å²) in [4.78, 5) is 10.4. The molecular weight excluding hydrogens is 523 g/mol. The lowest BCUT2D eigenvalue weighted by molar-refractivity contribution is 0.0351. The molecule has 1 atom stereocenters. The van der Waals surface area contributed by atoms with Crippen LogP contribution in [0.2, 0.25) is 25.7 Å². The molecule has 1 fully saturated rings. The molecule has 4 heterocycles. The van der Waals surface area contributed by atoms with E-state index in [1.807, 2.05) is 30.1 Å². The third-order valence-corrected chi connectivity index (χ3v) is 10.5. The van der Waals surface area contributed by atoms with Gasteiger partial charge < -0.3 is 19.6 Å². The number of pyridine rings is 1. The predicted molar refractivity (Wildman–Crippen MR) is 164 cm³/mol. The van der Waals surface area contributed by atoms with Gasteiger partial charge in [-0.2, -0.15) is 5.10 Å². The minimum absolute atomic E-state index is 0.146. The smallest absolute Gasteiger partial charge is 0.153 e. The summed E-state index contributed by atoms with van der Waals surface area (Å²) in [7, 11) is -1.10. The zero-order valence-electron chi connectivity index (χ0n) is 23.9. The molecule has 0 spiro atoms. The number of anilines is 2. The summed E-state index contributed by atoms with van der Waals surface area (Å²) < 4.78 is 7.87. The summed E-state index contributed by atoms with van der Waals surface area (Å²) >= 11 is 1.71. The first-order valence-corrected chi connectivity index (χ1v) is 18.4. The van der Waals surface area contributed by atoms with Crippen molar-refractivity contribution in [3.63, 3.8) is 0 Å². The molecule has 1 aromatic carbocycles. The Morgan fingerprint density at radius 1 is 1.15 bits per heavy atom. The van der Waals surface area contributed by atoms with E-state index in [2.05, 4.69) is 78.3 Å². The topological polar surface area (TPSA) is 66.7 Å². The molecule has 1 saturated heterocycles. The van der Waals surface area contributed by atoms with E-state index in [0.717, 1.165) is 54.8 Å². The maximum absolute atomic E-state index is 10.2. The fourth-order valence-electron chi connectivity index (χ4n) is 4.91. The van der Waals surface area contributed by atoms with E-state index in [9.17, 15) is 5.11 Å². The Morgan fingerprint density at radius 3 is 2.62 bits per heavy atom. The Labute approximate surface area is 237 Å². The highest BCUT2D eigenvalue weighted by Gasteiger charge is 2.28. The number of benzene rings is 1. The normalized spacial score (nSPS) is 17.9. The quantitative estimate of drug-likeness (QED) is 0.237. The first-order chi connectivity index (χ1) is 18.5. The molecule has 39 heavy (non-hydrogen) atoms. The van der Waals surface area contributed by atoms with Gasteiger partial charge in [0.05, 0.1) is 33.9 Å². The van der Waals surface area contributed by atoms with Crippen LogP contribution in [0.3, 0.4) is 0 Å². The number of nitrogens with zero attached hydrogens (tertiary/aromatic N) is 5. The highest BCUT2D eigenvalue weighted by atomic mass is 32.2. The Balaban J connectivity index is 1.23. The second-order valence-corrected chi connectivity index (χ2v) is 19.0. The molecule has 5 rings (SSSR count). The predicted octanol–water partition coefficient (Wildman–Crippen LogP) is 6.47. The molecule has 0 amide bonds. The van der Waals surface area contributed by atoms with Crippen molar-refractivity contribution in [2.45, 2.75) is 68.8 Å². The van der Waals surface area contributed by atoms with Gasteiger partial charge in [0.25, 0.3) is 0 Å². The summed E-state index contributed by atoms with van der Waals surface area (Å²) in [6.07, 6.45) is 5.44. The van der Waals surface area contributed by atoms with Gasteiger partial charge in [0.15, 0.2) is 5.82 Å². The van der Waals surface area contributed by atoms with Crippen molar-refractivity contribution in [1.82, 2.24) is 14.8 Å². The van der Waals surface area contributed by atoms with Gasteiger partial charge in [-0.1, -0.05) is 51.0 Å². The number of ether oxygens (including phenoxy) is 1. The van der Waals surface area contributed by atoms with Gasteiger partial charge >= 0.3 is 0 Å². The molecule has 0 bridgehead atoms. The fraction of sp³-hybridized carbons (Fsp3) is 0.467. The molecule has 3 aromatic rings. The Morgan fingerprint density at radius 2 is 1.92 bits per heavy atom. The average Bonchev–Trinajstić information content (AvgIpc) is 3.50. The highest BCUT2D eigenvalue weighted by Crippen LogP contribution is 2.46. The summed E-state index contributed by atoms with van der Waals surface area (Å²) in [6.45, 7) is 18.5. The Hall–Kier alpha value is -2.59. The first kappa shape index (κ1) is 28.0. The van der Waals surface area contributed by atoms with E-state index < -0.39 is 13.7 Å². The number of thioether (sulfide) groups is 1. The third-order valence-electron chi connectivity index (χ3n) is 7.75.